The number of aliphatic hydroxyl groups excluding tert-OH is 1. The molecule has 0 aliphatic carbocycles. The third kappa shape index (κ3) is 9.81. The van der Waals surface area contributed by atoms with Crippen LogP contribution >= 0.6 is 0 Å². The number of hydrogen-bond donors (Lipinski definition) is 3. The summed E-state index contributed by atoms with van der Waals surface area (Å²) in [6, 6.07) is 7.97. The van der Waals surface area contributed by atoms with Gasteiger partial charge >= 0.3 is 6.09 Å². The van der Waals surface area contributed by atoms with Crippen molar-refractivity contribution in [1.29, 1.82) is 0 Å². The standard InChI is InChI=1S/C22H38N2O6Si/c1-20(2,3)30-19(27)23-17(16(25)14-28-21(4,5)22(6,7)31)18(26)24-29-13-15-11-9-8-10-12-15/h8-12,16-17,25H,13-14H2,1-7,31H3,(H,23,27)(H,24,26). The zero-order valence-electron chi connectivity index (χ0n) is 19.9. The summed E-state index contributed by atoms with van der Waals surface area (Å²) in [6.07, 6.45) is -2.13. The highest BCUT2D eigenvalue weighted by Crippen LogP contribution is 2.37. The fraction of sp³-hybridized carbons (Fsp3) is 0.636. The van der Waals surface area contributed by atoms with E-state index in [-0.39, 0.29) is 18.3 Å². The fourth-order valence-corrected chi connectivity index (χ4v) is 2.35. The molecule has 31 heavy (non-hydrogen) atoms. The minimum Gasteiger partial charge on any atom is -0.444 e. The third-order valence-corrected chi connectivity index (χ3v) is 6.22. The molecule has 0 aliphatic rings. The summed E-state index contributed by atoms with van der Waals surface area (Å²) < 4.78 is 11.1. The second kappa shape index (κ2) is 11.1. The molecule has 0 heterocycles. The molecule has 1 rings (SSSR count). The summed E-state index contributed by atoms with van der Waals surface area (Å²) in [6.45, 7) is 13.1. The van der Waals surface area contributed by atoms with Crippen molar-refractivity contribution in [2.45, 2.75) is 83.5 Å². The fourth-order valence-electron chi connectivity index (χ4n) is 2.21. The van der Waals surface area contributed by atoms with E-state index in [2.05, 4.69) is 24.6 Å². The van der Waals surface area contributed by atoms with Crippen LogP contribution in [0.3, 0.4) is 0 Å². The van der Waals surface area contributed by atoms with Crippen LogP contribution < -0.4 is 10.8 Å². The first kappa shape index (κ1) is 27.1. The van der Waals surface area contributed by atoms with Gasteiger partial charge in [0.15, 0.2) is 0 Å². The van der Waals surface area contributed by atoms with Crippen LogP contribution in [0.2, 0.25) is 5.04 Å². The van der Waals surface area contributed by atoms with Gasteiger partial charge in [0.05, 0.1) is 18.8 Å². The van der Waals surface area contributed by atoms with Gasteiger partial charge < -0.3 is 19.9 Å². The predicted molar refractivity (Wildman–Crippen MR) is 123 cm³/mol. The van der Waals surface area contributed by atoms with Crippen LogP contribution in [0.4, 0.5) is 4.79 Å². The highest BCUT2D eigenvalue weighted by atomic mass is 28.1. The van der Waals surface area contributed by atoms with E-state index in [0.29, 0.717) is 0 Å². The lowest BCUT2D eigenvalue weighted by Gasteiger charge is -2.39. The molecule has 0 bridgehead atoms. The maximum Gasteiger partial charge on any atom is 0.408 e. The third-order valence-electron chi connectivity index (χ3n) is 5.02. The number of carbonyl (C=O) groups is 2. The Bertz CT molecular complexity index is 713. The number of aliphatic hydroxyl groups is 1. The van der Waals surface area contributed by atoms with Crippen molar-refractivity contribution in [3.63, 3.8) is 0 Å². The molecule has 176 valence electrons. The number of rotatable bonds is 10. The first-order valence-electron chi connectivity index (χ1n) is 10.4. The molecule has 1 aromatic carbocycles. The average Bonchev–Trinajstić information content (AvgIpc) is 2.62. The summed E-state index contributed by atoms with van der Waals surface area (Å²) >= 11 is 0. The van der Waals surface area contributed by atoms with Gasteiger partial charge in [-0.15, -0.1) is 0 Å². The number of nitrogens with one attached hydrogen (secondary N) is 2. The molecular formula is C22H38N2O6Si. The van der Waals surface area contributed by atoms with Crippen LogP contribution in [-0.2, 0) is 25.7 Å². The van der Waals surface area contributed by atoms with E-state index in [1.807, 2.05) is 44.2 Å². The van der Waals surface area contributed by atoms with Crippen LogP contribution in [0.25, 0.3) is 0 Å². The van der Waals surface area contributed by atoms with Crippen molar-refractivity contribution in [3.05, 3.63) is 35.9 Å². The van der Waals surface area contributed by atoms with Crippen molar-refractivity contribution >= 4 is 22.2 Å². The molecule has 8 nitrogen and oxygen atoms in total. The van der Waals surface area contributed by atoms with E-state index in [4.69, 9.17) is 14.3 Å². The smallest absolute Gasteiger partial charge is 0.408 e. The summed E-state index contributed by atoms with van der Waals surface area (Å²) in [7, 11) is 0.876. The molecule has 0 aliphatic heterocycles. The Morgan fingerprint density at radius 2 is 1.65 bits per heavy atom. The van der Waals surface area contributed by atoms with Crippen molar-refractivity contribution in [2.24, 2.45) is 0 Å². The summed E-state index contributed by atoms with van der Waals surface area (Å²) in [4.78, 5) is 30.2. The number of amides is 2. The quantitative estimate of drug-likeness (QED) is 0.368. The van der Waals surface area contributed by atoms with Gasteiger partial charge in [0.1, 0.15) is 17.7 Å². The lowest BCUT2D eigenvalue weighted by atomic mass is 9.93. The Morgan fingerprint density at radius 1 is 1.06 bits per heavy atom. The molecule has 3 N–H and O–H groups in total. The van der Waals surface area contributed by atoms with Crippen LogP contribution in [-0.4, -0.2) is 57.3 Å². The van der Waals surface area contributed by atoms with E-state index < -0.39 is 35.3 Å². The van der Waals surface area contributed by atoms with Crippen LogP contribution in [0.1, 0.15) is 54.0 Å². The number of alkyl carbamates (subject to hydrolysis) is 1. The molecule has 9 heteroatoms. The first-order chi connectivity index (χ1) is 14.1. The maximum atomic E-state index is 12.7. The molecule has 0 aromatic heterocycles. The zero-order chi connectivity index (χ0) is 23.9. The normalized spacial score (nSPS) is 14.6. The molecule has 2 atom stereocenters. The summed E-state index contributed by atoms with van der Waals surface area (Å²) in [5.74, 6) is -0.708. The predicted octanol–water partition coefficient (Wildman–Crippen LogP) is 1.85. The minimum atomic E-state index is -1.32. The first-order valence-corrected chi connectivity index (χ1v) is 11.4. The van der Waals surface area contributed by atoms with E-state index in [1.54, 1.807) is 20.8 Å². The van der Waals surface area contributed by atoms with E-state index in [9.17, 15) is 14.7 Å². The molecule has 0 saturated heterocycles. The molecule has 0 saturated carbocycles. The molecule has 0 radical (unpaired) electrons. The molecule has 2 unspecified atom stereocenters. The van der Waals surface area contributed by atoms with E-state index in [1.165, 1.54) is 0 Å². The van der Waals surface area contributed by atoms with Crippen LogP contribution in [0, 0.1) is 0 Å². The Morgan fingerprint density at radius 3 is 2.16 bits per heavy atom. The number of carbonyl (C=O) groups excluding carboxylic acids is 2. The van der Waals surface area contributed by atoms with Gasteiger partial charge in [-0.3, -0.25) is 9.63 Å². The topological polar surface area (TPSA) is 106 Å². The maximum absolute atomic E-state index is 12.7. The van der Waals surface area contributed by atoms with Crippen molar-refractivity contribution < 1.29 is 29.0 Å². The average molecular weight is 455 g/mol. The van der Waals surface area contributed by atoms with Crippen molar-refractivity contribution in [2.75, 3.05) is 6.61 Å². The van der Waals surface area contributed by atoms with Crippen LogP contribution in [0.15, 0.2) is 30.3 Å². The Hall–Kier alpha value is -1.94. The van der Waals surface area contributed by atoms with Gasteiger partial charge in [0.2, 0.25) is 0 Å². The molecule has 0 spiro atoms. The SMILES string of the molecule is CC(C)(C)OC(=O)NC(C(=O)NOCc1ccccc1)C(O)COC(C)(C)C(C)(C)[SiH3]. The van der Waals surface area contributed by atoms with E-state index >= 15 is 0 Å². The Labute approximate surface area is 188 Å². The second-order valence-corrected chi connectivity index (χ2v) is 12.5. The van der Waals surface area contributed by atoms with E-state index in [0.717, 1.165) is 15.8 Å². The number of hydrogen-bond acceptors (Lipinski definition) is 6. The molecule has 1 aromatic rings. The monoisotopic (exact) mass is 454 g/mol. The van der Waals surface area contributed by atoms with Gasteiger partial charge in [-0.1, -0.05) is 44.2 Å². The van der Waals surface area contributed by atoms with Gasteiger partial charge in [-0.05, 0) is 45.2 Å². The van der Waals surface area contributed by atoms with Gasteiger partial charge in [-0.25, -0.2) is 10.3 Å². The molecule has 0 fully saturated rings. The van der Waals surface area contributed by atoms with Gasteiger partial charge in [0.25, 0.3) is 5.91 Å². The molecule has 2 amide bonds. The van der Waals surface area contributed by atoms with Crippen molar-refractivity contribution in [3.8, 4) is 0 Å². The molecular weight excluding hydrogens is 416 g/mol. The number of ether oxygens (including phenoxy) is 2. The second-order valence-electron chi connectivity index (χ2n) is 10.0. The highest BCUT2D eigenvalue weighted by Gasteiger charge is 2.37. The lowest BCUT2D eigenvalue weighted by Crippen LogP contribution is -2.56. The van der Waals surface area contributed by atoms with Crippen molar-refractivity contribution in [1.82, 2.24) is 10.8 Å². The summed E-state index contributed by atoms with van der Waals surface area (Å²) in [5, 5.41) is 13.0. The minimum absolute atomic E-state index is 0.0676. The highest BCUT2D eigenvalue weighted by molar-refractivity contribution is 6.15. The summed E-state index contributed by atoms with van der Waals surface area (Å²) in [5.41, 5.74) is 1.88. The zero-order valence-corrected chi connectivity index (χ0v) is 21.9. The largest absolute Gasteiger partial charge is 0.444 e. The Balaban J connectivity index is 2.81. The number of hydroxylamine groups is 1. The lowest BCUT2D eigenvalue weighted by molar-refractivity contribution is -0.143. The van der Waals surface area contributed by atoms with Crippen LogP contribution in [0.5, 0.6) is 0 Å². The van der Waals surface area contributed by atoms with Gasteiger partial charge in [0, 0.05) is 10.2 Å². The number of benzene rings is 1. The Kier molecular flexibility index (Phi) is 9.68. The van der Waals surface area contributed by atoms with Gasteiger partial charge in [-0.2, -0.15) is 0 Å².